The highest BCUT2D eigenvalue weighted by atomic mass is 15.4. The van der Waals surface area contributed by atoms with Gasteiger partial charge in [0, 0.05) is 25.3 Å². The zero-order valence-corrected chi connectivity index (χ0v) is 12.7. The molecule has 0 aromatic carbocycles. The van der Waals surface area contributed by atoms with Crippen LogP contribution in [0.15, 0.2) is 18.2 Å². The molecule has 5 nitrogen and oxygen atoms in total. The molecule has 112 valence electrons. The van der Waals surface area contributed by atoms with Crippen molar-refractivity contribution in [3.8, 4) is 0 Å². The molecule has 0 bridgehead atoms. The van der Waals surface area contributed by atoms with E-state index in [9.17, 15) is 0 Å². The Morgan fingerprint density at radius 3 is 2.86 bits per heavy atom. The second-order valence-corrected chi connectivity index (χ2v) is 6.46. The van der Waals surface area contributed by atoms with Gasteiger partial charge in [-0.25, -0.2) is 4.52 Å². The molecule has 1 saturated heterocycles. The summed E-state index contributed by atoms with van der Waals surface area (Å²) < 4.78 is 1.97. The third-order valence-electron chi connectivity index (χ3n) is 5.10. The summed E-state index contributed by atoms with van der Waals surface area (Å²) >= 11 is 0. The number of rotatable bonds is 1. The third kappa shape index (κ3) is 2.11. The molecule has 21 heavy (non-hydrogen) atoms. The number of anilines is 1. The molecular weight excluding hydrogens is 262 g/mol. The smallest absolute Gasteiger partial charge is 0.246 e. The van der Waals surface area contributed by atoms with Gasteiger partial charge < -0.3 is 10.2 Å². The summed E-state index contributed by atoms with van der Waals surface area (Å²) in [5, 5.41) is 8.38. The molecule has 0 unspecified atom stereocenters. The lowest BCUT2D eigenvalue weighted by molar-refractivity contribution is 0.238. The lowest BCUT2D eigenvalue weighted by Gasteiger charge is -2.49. The van der Waals surface area contributed by atoms with Crippen LogP contribution in [-0.4, -0.2) is 39.8 Å². The Morgan fingerprint density at radius 1 is 1.19 bits per heavy atom. The number of hydrogen-bond donors (Lipinski definition) is 1. The summed E-state index contributed by atoms with van der Waals surface area (Å²) in [6.45, 7) is 5.19. The van der Waals surface area contributed by atoms with Crippen molar-refractivity contribution >= 4 is 11.6 Å². The largest absolute Gasteiger partial charge is 0.331 e. The highest BCUT2D eigenvalue weighted by Gasteiger charge is 2.41. The molecular formula is C16H23N5. The van der Waals surface area contributed by atoms with Gasteiger partial charge in [-0.3, -0.25) is 0 Å². The van der Waals surface area contributed by atoms with Crippen molar-refractivity contribution in [1.29, 1.82) is 0 Å². The van der Waals surface area contributed by atoms with E-state index < -0.39 is 0 Å². The van der Waals surface area contributed by atoms with Crippen LogP contribution in [0.2, 0.25) is 0 Å². The average molecular weight is 285 g/mol. The number of aryl methyl sites for hydroxylation is 1. The molecule has 0 atom stereocenters. The maximum Gasteiger partial charge on any atom is 0.246 e. The van der Waals surface area contributed by atoms with E-state index in [1.807, 2.05) is 10.6 Å². The molecule has 0 radical (unpaired) electrons. The molecule has 2 fully saturated rings. The Balaban J connectivity index is 1.76. The number of hydrogen-bond acceptors (Lipinski definition) is 4. The van der Waals surface area contributed by atoms with E-state index in [-0.39, 0.29) is 5.54 Å². The monoisotopic (exact) mass is 285 g/mol. The number of nitrogens with one attached hydrogen (secondary N) is 1. The molecule has 1 spiro atoms. The van der Waals surface area contributed by atoms with Gasteiger partial charge in [0.05, 0.1) is 5.54 Å². The van der Waals surface area contributed by atoms with E-state index in [2.05, 4.69) is 29.3 Å². The SMILES string of the molecule is Cc1cccc2nc(N3CCNCC34CCCCC4)nn12. The first-order valence-corrected chi connectivity index (χ1v) is 8.09. The normalized spacial score (nSPS) is 22.0. The van der Waals surface area contributed by atoms with Crippen molar-refractivity contribution in [2.24, 2.45) is 0 Å². The van der Waals surface area contributed by atoms with Crippen LogP contribution in [-0.2, 0) is 0 Å². The quantitative estimate of drug-likeness (QED) is 0.872. The topological polar surface area (TPSA) is 45.5 Å². The Labute approximate surface area is 125 Å². The Morgan fingerprint density at radius 2 is 2.05 bits per heavy atom. The minimum Gasteiger partial charge on any atom is -0.331 e. The van der Waals surface area contributed by atoms with Crippen LogP contribution in [0.25, 0.3) is 5.65 Å². The molecule has 1 N–H and O–H groups in total. The van der Waals surface area contributed by atoms with Gasteiger partial charge in [0.2, 0.25) is 5.95 Å². The highest BCUT2D eigenvalue weighted by Crippen LogP contribution is 2.36. The van der Waals surface area contributed by atoms with Gasteiger partial charge in [-0.2, -0.15) is 4.98 Å². The first-order valence-electron chi connectivity index (χ1n) is 8.09. The predicted octanol–water partition coefficient (Wildman–Crippen LogP) is 2.15. The van der Waals surface area contributed by atoms with Gasteiger partial charge in [0.15, 0.2) is 5.65 Å². The van der Waals surface area contributed by atoms with E-state index in [0.717, 1.165) is 36.9 Å². The molecule has 2 aromatic rings. The van der Waals surface area contributed by atoms with E-state index in [4.69, 9.17) is 10.1 Å². The minimum atomic E-state index is 0.231. The second-order valence-electron chi connectivity index (χ2n) is 6.46. The molecule has 4 rings (SSSR count). The van der Waals surface area contributed by atoms with E-state index in [1.54, 1.807) is 0 Å². The number of aromatic nitrogens is 3. The van der Waals surface area contributed by atoms with Crippen molar-refractivity contribution in [2.75, 3.05) is 24.5 Å². The van der Waals surface area contributed by atoms with Crippen LogP contribution < -0.4 is 10.2 Å². The summed E-state index contributed by atoms with van der Waals surface area (Å²) in [6.07, 6.45) is 6.53. The molecule has 1 aliphatic carbocycles. The summed E-state index contributed by atoms with van der Waals surface area (Å²) in [5.41, 5.74) is 2.32. The van der Waals surface area contributed by atoms with Gasteiger partial charge in [-0.15, -0.1) is 5.10 Å². The van der Waals surface area contributed by atoms with Crippen LogP contribution in [0.4, 0.5) is 5.95 Å². The van der Waals surface area contributed by atoms with Crippen molar-refractivity contribution in [2.45, 2.75) is 44.6 Å². The summed E-state index contributed by atoms with van der Waals surface area (Å²) in [4.78, 5) is 7.28. The van der Waals surface area contributed by atoms with Gasteiger partial charge in [-0.05, 0) is 31.9 Å². The van der Waals surface area contributed by atoms with Crippen molar-refractivity contribution in [3.05, 3.63) is 23.9 Å². The van der Waals surface area contributed by atoms with Crippen LogP contribution in [0.5, 0.6) is 0 Å². The minimum absolute atomic E-state index is 0.231. The Bertz CT molecular complexity index is 633. The second kappa shape index (κ2) is 4.98. The van der Waals surface area contributed by atoms with Crippen LogP contribution >= 0.6 is 0 Å². The number of nitrogens with zero attached hydrogens (tertiary/aromatic N) is 4. The van der Waals surface area contributed by atoms with E-state index in [1.165, 1.54) is 32.1 Å². The fraction of sp³-hybridized carbons (Fsp3) is 0.625. The lowest BCUT2D eigenvalue weighted by atomic mass is 9.79. The average Bonchev–Trinajstić information content (AvgIpc) is 2.94. The number of fused-ring (bicyclic) bond motifs is 1. The van der Waals surface area contributed by atoms with Crippen molar-refractivity contribution in [1.82, 2.24) is 19.9 Å². The number of piperazine rings is 1. The molecule has 1 aliphatic heterocycles. The van der Waals surface area contributed by atoms with Gasteiger partial charge in [0.25, 0.3) is 0 Å². The predicted molar refractivity (Wildman–Crippen MR) is 83.8 cm³/mol. The summed E-state index contributed by atoms with van der Waals surface area (Å²) in [7, 11) is 0. The molecule has 2 aromatic heterocycles. The molecule has 1 saturated carbocycles. The molecule has 2 aliphatic rings. The molecule has 3 heterocycles. The standard InChI is InChI=1S/C16H23N5/c1-13-6-5-7-14-18-15(19-21(13)14)20-11-10-17-12-16(20)8-3-2-4-9-16/h5-7,17H,2-4,8-12H2,1H3. The van der Waals surface area contributed by atoms with Crippen molar-refractivity contribution < 1.29 is 0 Å². The maximum atomic E-state index is 4.80. The third-order valence-corrected chi connectivity index (χ3v) is 5.10. The zero-order valence-electron chi connectivity index (χ0n) is 12.7. The number of pyridine rings is 1. The fourth-order valence-corrected chi connectivity index (χ4v) is 3.95. The highest BCUT2D eigenvalue weighted by molar-refractivity contribution is 5.48. The van der Waals surface area contributed by atoms with Gasteiger partial charge in [-0.1, -0.05) is 25.3 Å². The van der Waals surface area contributed by atoms with Crippen LogP contribution in [0.3, 0.4) is 0 Å². The summed E-state index contributed by atoms with van der Waals surface area (Å²) in [5.74, 6) is 0.910. The molecule has 5 heteroatoms. The fourth-order valence-electron chi connectivity index (χ4n) is 3.95. The van der Waals surface area contributed by atoms with Crippen molar-refractivity contribution in [3.63, 3.8) is 0 Å². The zero-order chi connectivity index (χ0) is 14.3. The first-order chi connectivity index (χ1) is 10.3. The Kier molecular flexibility index (Phi) is 3.10. The molecule has 0 amide bonds. The maximum absolute atomic E-state index is 4.80. The van der Waals surface area contributed by atoms with Gasteiger partial charge in [0.1, 0.15) is 0 Å². The first kappa shape index (κ1) is 13.1. The van der Waals surface area contributed by atoms with Gasteiger partial charge >= 0.3 is 0 Å². The van der Waals surface area contributed by atoms with E-state index in [0.29, 0.717) is 0 Å². The Hall–Kier alpha value is -1.62. The summed E-state index contributed by atoms with van der Waals surface area (Å²) in [6, 6.07) is 6.18. The van der Waals surface area contributed by atoms with Crippen LogP contribution in [0.1, 0.15) is 37.8 Å². The van der Waals surface area contributed by atoms with Crippen LogP contribution in [0, 0.1) is 6.92 Å². The lowest BCUT2D eigenvalue weighted by Crippen LogP contribution is -2.62. The van der Waals surface area contributed by atoms with E-state index >= 15 is 0 Å².